The number of methoxy groups -OCH3 is 1. The lowest BCUT2D eigenvalue weighted by molar-refractivity contribution is -0.146. The highest BCUT2D eigenvalue weighted by Gasteiger charge is 2.32. The lowest BCUT2D eigenvalue weighted by Crippen LogP contribution is -2.46. The van der Waals surface area contributed by atoms with E-state index in [4.69, 9.17) is 4.74 Å². The maximum atomic E-state index is 12.6. The maximum absolute atomic E-state index is 12.6. The smallest absolute Gasteiger partial charge is 0.312 e. The SMILES string of the molecule is COc1ccccc1CC1CCCN1C(=O)C(=O)NCCn1ccnc1. The number of carbonyl (C=O) groups is 2. The van der Waals surface area contributed by atoms with Crippen molar-refractivity contribution in [3.8, 4) is 5.75 Å². The van der Waals surface area contributed by atoms with Gasteiger partial charge in [0.25, 0.3) is 0 Å². The average molecular weight is 356 g/mol. The normalized spacial score (nSPS) is 16.5. The number of hydrogen-bond donors (Lipinski definition) is 1. The van der Waals surface area contributed by atoms with E-state index in [0.717, 1.165) is 24.2 Å². The van der Waals surface area contributed by atoms with E-state index in [-0.39, 0.29) is 6.04 Å². The molecule has 2 heterocycles. The molecule has 7 heteroatoms. The largest absolute Gasteiger partial charge is 0.496 e. The van der Waals surface area contributed by atoms with Gasteiger partial charge in [-0.05, 0) is 30.9 Å². The predicted octanol–water partition coefficient (Wildman–Crippen LogP) is 1.24. The van der Waals surface area contributed by atoms with Gasteiger partial charge >= 0.3 is 11.8 Å². The van der Waals surface area contributed by atoms with Crippen LogP contribution in [-0.4, -0.2) is 52.5 Å². The van der Waals surface area contributed by atoms with Gasteiger partial charge in [0.15, 0.2) is 0 Å². The van der Waals surface area contributed by atoms with Crippen molar-refractivity contribution in [2.75, 3.05) is 20.2 Å². The molecule has 3 rings (SSSR count). The minimum Gasteiger partial charge on any atom is -0.496 e. The Balaban J connectivity index is 1.56. The van der Waals surface area contributed by atoms with E-state index in [9.17, 15) is 9.59 Å². The molecular formula is C19H24N4O3. The first-order valence-electron chi connectivity index (χ1n) is 8.85. The second kappa shape index (κ2) is 8.51. The Morgan fingerprint density at radius 3 is 2.96 bits per heavy atom. The summed E-state index contributed by atoms with van der Waals surface area (Å²) in [6.45, 7) is 1.60. The number of hydrogen-bond acceptors (Lipinski definition) is 4. The number of likely N-dealkylation sites (tertiary alicyclic amines) is 1. The minimum absolute atomic E-state index is 0.0261. The van der Waals surface area contributed by atoms with Gasteiger partial charge in [-0.15, -0.1) is 0 Å². The fraction of sp³-hybridized carbons (Fsp3) is 0.421. The number of nitrogens with one attached hydrogen (secondary N) is 1. The van der Waals surface area contributed by atoms with Crippen LogP contribution >= 0.6 is 0 Å². The second-order valence-corrected chi connectivity index (χ2v) is 6.37. The summed E-state index contributed by atoms with van der Waals surface area (Å²) in [6, 6.07) is 7.83. The Kier molecular flexibility index (Phi) is 5.88. The molecule has 1 N–H and O–H groups in total. The molecule has 0 bridgehead atoms. The molecule has 0 saturated carbocycles. The van der Waals surface area contributed by atoms with E-state index in [0.29, 0.717) is 26.1 Å². The zero-order valence-electron chi connectivity index (χ0n) is 14.9. The minimum atomic E-state index is -0.544. The van der Waals surface area contributed by atoms with E-state index in [2.05, 4.69) is 10.3 Å². The number of carbonyl (C=O) groups excluding carboxylic acids is 2. The standard InChI is InChI=1S/C19H24N4O3/c1-26-17-7-3-2-5-15(17)13-16-6-4-10-23(16)19(25)18(24)21-9-12-22-11-8-20-14-22/h2-3,5,7-8,11,14,16H,4,6,9-10,12-13H2,1H3,(H,21,24). The molecule has 0 radical (unpaired) electrons. The highest BCUT2D eigenvalue weighted by Crippen LogP contribution is 2.26. The van der Waals surface area contributed by atoms with Gasteiger partial charge in [0.05, 0.1) is 13.4 Å². The molecule has 1 aromatic heterocycles. The van der Waals surface area contributed by atoms with Gasteiger partial charge in [-0.2, -0.15) is 0 Å². The molecule has 26 heavy (non-hydrogen) atoms. The fourth-order valence-corrected chi connectivity index (χ4v) is 3.36. The number of rotatable bonds is 6. The number of imidazole rings is 1. The summed E-state index contributed by atoms with van der Waals surface area (Å²) in [5, 5.41) is 2.70. The van der Waals surface area contributed by atoms with Gasteiger partial charge in [0, 0.05) is 38.1 Å². The fourth-order valence-electron chi connectivity index (χ4n) is 3.36. The molecular weight excluding hydrogens is 332 g/mol. The Morgan fingerprint density at radius 2 is 2.19 bits per heavy atom. The van der Waals surface area contributed by atoms with Crippen LogP contribution in [0.25, 0.3) is 0 Å². The molecule has 1 aliphatic heterocycles. The molecule has 2 aromatic rings. The van der Waals surface area contributed by atoms with Crippen molar-refractivity contribution in [3.05, 3.63) is 48.5 Å². The third-order valence-electron chi connectivity index (χ3n) is 4.70. The molecule has 0 spiro atoms. The van der Waals surface area contributed by atoms with E-state index < -0.39 is 11.8 Å². The Labute approximate surface area is 153 Å². The lowest BCUT2D eigenvalue weighted by Gasteiger charge is -2.24. The number of nitrogens with zero attached hydrogens (tertiary/aromatic N) is 3. The Hall–Kier alpha value is -2.83. The van der Waals surface area contributed by atoms with Crippen molar-refractivity contribution < 1.29 is 14.3 Å². The van der Waals surface area contributed by atoms with Crippen molar-refractivity contribution in [1.82, 2.24) is 19.8 Å². The van der Waals surface area contributed by atoms with Crippen LogP contribution in [-0.2, 0) is 22.6 Å². The van der Waals surface area contributed by atoms with Crippen molar-refractivity contribution in [3.63, 3.8) is 0 Å². The average Bonchev–Trinajstić information content (AvgIpc) is 3.33. The molecule has 2 amide bonds. The van der Waals surface area contributed by atoms with Crippen LogP contribution in [0.2, 0.25) is 0 Å². The Bertz CT molecular complexity index is 745. The molecule has 1 aromatic carbocycles. The molecule has 1 unspecified atom stereocenters. The van der Waals surface area contributed by atoms with E-state index in [1.807, 2.05) is 35.0 Å². The molecule has 1 saturated heterocycles. The van der Waals surface area contributed by atoms with E-state index in [1.54, 1.807) is 24.5 Å². The summed E-state index contributed by atoms with van der Waals surface area (Å²) in [7, 11) is 1.64. The van der Waals surface area contributed by atoms with Gasteiger partial charge in [0.2, 0.25) is 0 Å². The quantitative estimate of drug-likeness (QED) is 0.790. The predicted molar refractivity (Wildman–Crippen MR) is 96.7 cm³/mol. The molecule has 1 fully saturated rings. The maximum Gasteiger partial charge on any atom is 0.312 e. The van der Waals surface area contributed by atoms with Gasteiger partial charge in [-0.25, -0.2) is 4.98 Å². The van der Waals surface area contributed by atoms with Crippen LogP contribution in [0, 0.1) is 0 Å². The lowest BCUT2D eigenvalue weighted by atomic mass is 10.0. The van der Waals surface area contributed by atoms with Crippen LogP contribution in [0.1, 0.15) is 18.4 Å². The molecule has 1 aliphatic rings. The third kappa shape index (κ3) is 4.22. The monoisotopic (exact) mass is 356 g/mol. The first kappa shape index (κ1) is 18.0. The van der Waals surface area contributed by atoms with Gasteiger partial charge in [0.1, 0.15) is 5.75 Å². The summed E-state index contributed by atoms with van der Waals surface area (Å²) < 4.78 is 7.25. The summed E-state index contributed by atoms with van der Waals surface area (Å²) in [5.41, 5.74) is 1.06. The van der Waals surface area contributed by atoms with Crippen LogP contribution in [0.4, 0.5) is 0 Å². The van der Waals surface area contributed by atoms with Gasteiger partial charge in [-0.3, -0.25) is 9.59 Å². The number of amides is 2. The highest BCUT2D eigenvalue weighted by molar-refractivity contribution is 6.35. The molecule has 0 aliphatic carbocycles. The summed E-state index contributed by atoms with van der Waals surface area (Å²) >= 11 is 0. The second-order valence-electron chi connectivity index (χ2n) is 6.37. The summed E-state index contributed by atoms with van der Waals surface area (Å²) in [4.78, 5) is 30.4. The first-order chi connectivity index (χ1) is 12.7. The number of benzene rings is 1. The van der Waals surface area contributed by atoms with Gasteiger partial charge in [-0.1, -0.05) is 18.2 Å². The number of ether oxygens (including phenoxy) is 1. The van der Waals surface area contributed by atoms with E-state index in [1.165, 1.54) is 0 Å². The van der Waals surface area contributed by atoms with Gasteiger partial charge < -0.3 is 19.5 Å². The van der Waals surface area contributed by atoms with Crippen molar-refractivity contribution in [1.29, 1.82) is 0 Å². The first-order valence-corrected chi connectivity index (χ1v) is 8.85. The Morgan fingerprint density at radius 1 is 1.35 bits per heavy atom. The van der Waals surface area contributed by atoms with Crippen LogP contribution < -0.4 is 10.1 Å². The molecule has 7 nitrogen and oxygen atoms in total. The third-order valence-corrected chi connectivity index (χ3v) is 4.70. The number of aromatic nitrogens is 2. The summed E-state index contributed by atoms with van der Waals surface area (Å²) in [6.07, 6.45) is 7.67. The van der Waals surface area contributed by atoms with E-state index >= 15 is 0 Å². The number of para-hydroxylation sites is 1. The molecule has 138 valence electrons. The zero-order valence-corrected chi connectivity index (χ0v) is 14.9. The van der Waals surface area contributed by atoms with Crippen LogP contribution in [0.3, 0.4) is 0 Å². The van der Waals surface area contributed by atoms with Crippen LogP contribution in [0.15, 0.2) is 43.0 Å². The summed E-state index contributed by atoms with van der Waals surface area (Å²) in [5.74, 6) is -0.179. The topological polar surface area (TPSA) is 76.5 Å². The van der Waals surface area contributed by atoms with Crippen molar-refractivity contribution in [2.24, 2.45) is 0 Å². The van der Waals surface area contributed by atoms with Crippen molar-refractivity contribution in [2.45, 2.75) is 31.8 Å². The highest BCUT2D eigenvalue weighted by atomic mass is 16.5. The molecule has 1 atom stereocenters. The van der Waals surface area contributed by atoms with Crippen molar-refractivity contribution >= 4 is 11.8 Å². The van der Waals surface area contributed by atoms with Crippen LogP contribution in [0.5, 0.6) is 5.75 Å². The zero-order chi connectivity index (χ0) is 18.4.